The average molecular weight is 393 g/mol. The van der Waals surface area contributed by atoms with Gasteiger partial charge in [0.25, 0.3) is 0 Å². The zero-order chi connectivity index (χ0) is 16.2. The Hall–Kier alpha value is -1.66. The van der Waals surface area contributed by atoms with Crippen LogP contribution in [0.1, 0.15) is 11.3 Å². The number of nitrogens with zero attached hydrogens (tertiary/aromatic N) is 1. The third kappa shape index (κ3) is 4.00. The number of carbonyl (C=O) groups is 2. The Labute approximate surface area is 147 Å². The van der Waals surface area contributed by atoms with E-state index in [0.717, 1.165) is 16.6 Å². The fraction of sp³-hybridized carbons (Fsp3) is 0.294. The minimum Gasteiger partial charge on any atom is -0.355 e. The van der Waals surface area contributed by atoms with Crippen LogP contribution < -0.4 is 10.2 Å². The summed E-state index contributed by atoms with van der Waals surface area (Å²) in [5.74, 6) is -0.307. The second-order valence-electron chi connectivity index (χ2n) is 5.51. The number of carbonyl (C=O) groups excluding carboxylic acids is 2. The SMILES string of the molecule is O=C(NCCc1cccs1)C1CC(=O)N(c2cccc(Br)c2)C1. The first-order valence-corrected chi connectivity index (χ1v) is 9.17. The quantitative estimate of drug-likeness (QED) is 0.848. The lowest BCUT2D eigenvalue weighted by Gasteiger charge is -2.17. The van der Waals surface area contributed by atoms with Gasteiger partial charge in [-0.2, -0.15) is 0 Å². The molecule has 120 valence electrons. The lowest BCUT2D eigenvalue weighted by Crippen LogP contribution is -2.34. The third-order valence-electron chi connectivity index (χ3n) is 3.87. The first-order chi connectivity index (χ1) is 11.1. The third-order valence-corrected chi connectivity index (χ3v) is 5.30. The monoisotopic (exact) mass is 392 g/mol. The highest BCUT2D eigenvalue weighted by atomic mass is 79.9. The number of hydrogen-bond donors (Lipinski definition) is 1. The molecule has 3 rings (SSSR count). The van der Waals surface area contributed by atoms with Crippen molar-refractivity contribution in [3.8, 4) is 0 Å². The van der Waals surface area contributed by atoms with Gasteiger partial charge in [0, 0.05) is 34.5 Å². The second-order valence-corrected chi connectivity index (χ2v) is 7.45. The molecule has 0 saturated carbocycles. The summed E-state index contributed by atoms with van der Waals surface area (Å²) in [6.45, 7) is 1.06. The van der Waals surface area contributed by atoms with E-state index in [-0.39, 0.29) is 24.2 Å². The highest BCUT2D eigenvalue weighted by molar-refractivity contribution is 9.10. The maximum absolute atomic E-state index is 12.3. The number of amides is 2. The van der Waals surface area contributed by atoms with Crippen molar-refractivity contribution in [1.29, 1.82) is 0 Å². The van der Waals surface area contributed by atoms with E-state index < -0.39 is 0 Å². The van der Waals surface area contributed by atoms with Gasteiger partial charge in [-0.25, -0.2) is 0 Å². The standard InChI is InChI=1S/C17H17BrN2O2S/c18-13-3-1-4-14(10-13)20-11-12(9-16(20)21)17(22)19-7-6-15-5-2-8-23-15/h1-5,8,10,12H,6-7,9,11H2,(H,19,22). The van der Waals surface area contributed by atoms with E-state index in [1.165, 1.54) is 4.88 Å². The summed E-state index contributed by atoms with van der Waals surface area (Å²) in [6, 6.07) is 11.7. The lowest BCUT2D eigenvalue weighted by molar-refractivity contribution is -0.126. The topological polar surface area (TPSA) is 49.4 Å². The molecule has 1 aliphatic rings. The Kier molecular flexibility index (Phi) is 5.13. The van der Waals surface area contributed by atoms with E-state index in [9.17, 15) is 9.59 Å². The molecule has 0 aliphatic carbocycles. The molecule has 4 nitrogen and oxygen atoms in total. The number of anilines is 1. The summed E-state index contributed by atoms with van der Waals surface area (Å²) >= 11 is 5.10. The Bertz CT molecular complexity index is 702. The number of thiophene rings is 1. The normalized spacial score (nSPS) is 17.5. The van der Waals surface area contributed by atoms with E-state index in [1.807, 2.05) is 35.7 Å². The molecule has 1 aromatic heterocycles. The van der Waals surface area contributed by atoms with Gasteiger partial charge >= 0.3 is 0 Å². The van der Waals surface area contributed by atoms with Crippen LogP contribution in [0.15, 0.2) is 46.3 Å². The summed E-state index contributed by atoms with van der Waals surface area (Å²) in [5.41, 5.74) is 0.832. The Balaban J connectivity index is 1.55. The molecule has 0 spiro atoms. The summed E-state index contributed by atoms with van der Waals surface area (Å²) in [4.78, 5) is 27.4. The molecular formula is C17H17BrN2O2S. The lowest BCUT2D eigenvalue weighted by atomic mass is 10.1. The van der Waals surface area contributed by atoms with Crippen molar-refractivity contribution in [3.63, 3.8) is 0 Å². The Morgan fingerprint density at radius 2 is 2.22 bits per heavy atom. The molecule has 1 N–H and O–H groups in total. The van der Waals surface area contributed by atoms with Crippen molar-refractivity contribution < 1.29 is 9.59 Å². The molecule has 1 aliphatic heterocycles. The maximum Gasteiger partial charge on any atom is 0.227 e. The van der Waals surface area contributed by atoms with E-state index in [2.05, 4.69) is 27.3 Å². The first-order valence-electron chi connectivity index (χ1n) is 7.49. The van der Waals surface area contributed by atoms with Crippen molar-refractivity contribution >= 4 is 44.8 Å². The van der Waals surface area contributed by atoms with Gasteiger partial charge < -0.3 is 10.2 Å². The first kappa shape index (κ1) is 16.2. The van der Waals surface area contributed by atoms with Crippen molar-refractivity contribution in [2.45, 2.75) is 12.8 Å². The summed E-state index contributed by atoms with van der Waals surface area (Å²) in [6.07, 6.45) is 1.11. The average Bonchev–Trinajstić information content (AvgIpc) is 3.16. The molecule has 2 heterocycles. The van der Waals surface area contributed by atoms with E-state index in [4.69, 9.17) is 0 Å². The smallest absolute Gasteiger partial charge is 0.227 e. The number of benzene rings is 1. The van der Waals surface area contributed by atoms with Crippen LogP contribution in [0.4, 0.5) is 5.69 Å². The highest BCUT2D eigenvalue weighted by Crippen LogP contribution is 2.27. The van der Waals surface area contributed by atoms with Crippen LogP contribution in [-0.4, -0.2) is 24.9 Å². The second kappa shape index (κ2) is 7.27. The Morgan fingerprint density at radius 1 is 1.35 bits per heavy atom. The highest BCUT2D eigenvalue weighted by Gasteiger charge is 2.34. The van der Waals surface area contributed by atoms with Crippen LogP contribution in [0.25, 0.3) is 0 Å². The van der Waals surface area contributed by atoms with Gasteiger partial charge in [-0.15, -0.1) is 11.3 Å². The molecule has 2 amide bonds. The van der Waals surface area contributed by atoms with Gasteiger partial charge in [-0.3, -0.25) is 9.59 Å². The van der Waals surface area contributed by atoms with Gasteiger partial charge in [-0.1, -0.05) is 28.1 Å². The molecule has 1 aromatic carbocycles. The summed E-state index contributed by atoms with van der Waals surface area (Å²) in [5, 5.41) is 4.98. The van der Waals surface area contributed by atoms with Crippen LogP contribution in [0.2, 0.25) is 0 Å². The van der Waals surface area contributed by atoms with Crippen LogP contribution in [0, 0.1) is 5.92 Å². The molecule has 1 atom stereocenters. The van der Waals surface area contributed by atoms with Gasteiger partial charge in [0.1, 0.15) is 0 Å². The van der Waals surface area contributed by atoms with Gasteiger partial charge in [0.05, 0.1) is 5.92 Å². The number of hydrogen-bond acceptors (Lipinski definition) is 3. The fourth-order valence-corrected chi connectivity index (χ4v) is 3.78. The molecule has 1 unspecified atom stereocenters. The summed E-state index contributed by atoms with van der Waals surface area (Å²) < 4.78 is 0.923. The molecule has 23 heavy (non-hydrogen) atoms. The zero-order valence-corrected chi connectivity index (χ0v) is 14.9. The molecule has 0 radical (unpaired) electrons. The molecular weight excluding hydrogens is 376 g/mol. The van der Waals surface area contributed by atoms with Crippen molar-refractivity contribution in [2.24, 2.45) is 5.92 Å². The van der Waals surface area contributed by atoms with Gasteiger partial charge in [-0.05, 0) is 36.1 Å². The zero-order valence-electron chi connectivity index (χ0n) is 12.5. The van der Waals surface area contributed by atoms with Gasteiger partial charge in [0.2, 0.25) is 11.8 Å². The Morgan fingerprint density at radius 3 is 2.96 bits per heavy atom. The molecule has 1 fully saturated rings. The maximum atomic E-state index is 12.3. The summed E-state index contributed by atoms with van der Waals surface area (Å²) in [7, 11) is 0. The largest absolute Gasteiger partial charge is 0.355 e. The number of halogens is 1. The predicted molar refractivity (Wildman–Crippen MR) is 95.6 cm³/mol. The van der Waals surface area contributed by atoms with Crippen molar-refractivity contribution in [2.75, 3.05) is 18.0 Å². The van der Waals surface area contributed by atoms with Crippen LogP contribution in [0.5, 0.6) is 0 Å². The molecule has 6 heteroatoms. The van der Waals surface area contributed by atoms with Crippen LogP contribution in [0.3, 0.4) is 0 Å². The predicted octanol–water partition coefficient (Wildman–Crippen LogP) is 3.22. The van der Waals surface area contributed by atoms with Crippen molar-refractivity contribution in [1.82, 2.24) is 5.32 Å². The number of rotatable bonds is 5. The minimum atomic E-state index is -0.273. The molecule has 2 aromatic rings. The van der Waals surface area contributed by atoms with Crippen molar-refractivity contribution in [3.05, 3.63) is 51.1 Å². The van der Waals surface area contributed by atoms with E-state index in [0.29, 0.717) is 13.1 Å². The fourth-order valence-electron chi connectivity index (χ4n) is 2.68. The molecule has 0 bridgehead atoms. The molecule has 1 saturated heterocycles. The van der Waals surface area contributed by atoms with E-state index in [1.54, 1.807) is 16.2 Å². The minimum absolute atomic E-state index is 0.00140. The van der Waals surface area contributed by atoms with Crippen LogP contribution >= 0.6 is 27.3 Å². The van der Waals surface area contributed by atoms with E-state index >= 15 is 0 Å². The number of nitrogens with one attached hydrogen (secondary N) is 1. The van der Waals surface area contributed by atoms with Crippen LogP contribution in [-0.2, 0) is 16.0 Å². The van der Waals surface area contributed by atoms with Gasteiger partial charge in [0.15, 0.2) is 0 Å².